The largest absolute Gasteiger partial charge is 0.478 e. The van der Waals surface area contributed by atoms with Gasteiger partial charge < -0.3 is 15.7 Å². The van der Waals surface area contributed by atoms with Crippen LogP contribution in [0.25, 0.3) is 11.3 Å². The molecule has 0 aliphatic heterocycles. The average Bonchev–Trinajstić information content (AvgIpc) is 2.64. The maximum atomic E-state index is 14.2. The molecular formula is C19H21FN4O3. The normalized spacial score (nSPS) is 19.3. The number of carbonyl (C=O) groups excluding carboxylic acids is 1. The minimum Gasteiger partial charge on any atom is -0.478 e. The summed E-state index contributed by atoms with van der Waals surface area (Å²) in [5, 5.41) is 15.2. The van der Waals surface area contributed by atoms with Gasteiger partial charge in [0.05, 0.1) is 11.8 Å². The first-order valence-corrected chi connectivity index (χ1v) is 8.82. The zero-order valence-electron chi connectivity index (χ0n) is 14.9. The van der Waals surface area contributed by atoms with Crippen LogP contribution in [0.1, 0.15) is 43.0 Å². The molecule has 8 heteroatoms. The first-order valence-electron chi connectivity index (χ1n) is 8.82. The first-order chi connectivity index (χ1) is 12.9. The molecule has 1 amide bonds. The van der Waals surface area contributed by atoms with Gasteiger partial charge in [0.25, 0.3) is 0 Å². The predicted molar refractivity (Wildman–Crippen MR) is 97.9 cm³/mol. The molecule has 3 rings (SSSR count). The second kappa shape index (κ2) is 8.11. The molecule has 0 unspecified atom stereocenters. The average molecular weight is 372 g/mol. The van der Waals surface area contributed by atoms with Gasteiger partial charge in [0.2, 0.25) is 11.9 Å². The lowest BCUT2D eigenvalue weighted by atomic mass is 9.91. The van der Waals surface area contributed by atoms with Crippen molar-refractivity contribution >= 4 is 17.8 Å². The summed E-state index contributed by atoms with van der Waals surface area (Å²) in [7, 11) is 0. The third kappa shape index (κ3) is 4.78. The molecule has 1 aromatic heterocycles. The molecule has 0 atom stereocenters. The number of aromatic nitrogens is 2. The van der Waals surface area contributed by atoms with Gasteiger partial charge >= 0.3 is 5.97 Å². The number of carbonyl (C=O) groups is 2. The van der Waals surface area contributed by atoms with E-state index < -0.39 is 11.8 Å². The Balaban J connectivity index is 1.72. The highest BCUT2D eigenvalue weighted by molar-refractivity contribution is 5.89. The van der Waals surface area contributed by atoms with E-state index in [4.69, 9.17) is 5.11 Å². The Morgan fingerprint density at radius 1 is 1.19 bits per heavy atom. The highest BCUT2D eigenvalue weighted by Gasteiger charge is 2.22. The molecular weight excluding hydrogens is 351 g/mol. The van der Waals surface area contributed by atoms with E-state index in [9.17, 15) is 14.0 Å². The van der Waals surface area contributed by atoms with E-state index in [1.54, 1.807) is 12.1 Å². The second-order valence-electron chi connectivity index (χ2n) is 6.67. The number of aromatic carboxylic acids is 1. The van der Waals surface area contributed by atoms with E-state index >= 15 is 0 Å². The van der Waals surface area contributed by atoms with Crippen molar-refractivity contribution in [2.24, 2.45) is 0 Å². The molecule has 0 spiro atoms. The Morgan fingerprint density at radius 2 is 1.89 bits per heavy atom. The van der Waals surface area contributed by atoms with Crippen molar-refractivity contribution in [1.29, 1.82) is 0 Å². The minimum atomic E-state index is -1.08. The molecule has 1 heterocycles. The summed E-state index contributed by atoms with van der Waals surface area (Å²) in [6, 6.07) is 6.31. The van der Waals surface area contributed by atoms with Gasteiger partial charge in [0.15, 0.2) is 5.82 Å². The molecule has 2 aromatic rings. The molecule has 1 aliphatic carbocycles. The van der Waals surface area contributed by atoms with E-state index in [1.165, 1.54) is 19.1 Å². The van der Waals surface area contributed by atoms with Crippen LogP contribution in [0, 0.1) is 5.82 Å². The Kier molecular flexibility index (Phi) is 5.63. The highest BCUT2D eigenvalue weighted by Crippen LogP contribution is 2.25. The summed E-state index contributed by atoms with van der Waals surface area (Å²) in [4.78, 5) is 30.5. The number of nitrogens with one attached hydrogen (secondary N) is 2. The molecule has 1 aliphatic rings. The molecule has 27 heavy (non-hydrogen) atoms. The van der Waals surface area contributed by atoms with Crippen molar-refractivity contribution in [1.82, 2.24) is 15.3 Å². The van der Waals surface area contributed by atoms with Crippen LogP contribution in [0.2, 0.25) is 0 Å². The third-order valence-corrected chi connectivity index (χ3v) is 4.59. The van der Waals surface area contributed by atoms with Crippen molar-refractivity contribution < 1.29 is 19.1 Å². The van der Waals surface area contributed by atoms with Crippen molar-refractivity contribution in [3.05, 3.63) is 41.8 Å². The van der Waals surface area contributed by atoms with Gasteiger partial charge in [-0.25, -0.2) is 19.2 Å². The Labute approximate surface area is 156 Å². The standard InChI is InChI=1S/C19H21FN4O3/c1-11(25)22-14-5-7-15(8-6-14)23-19-21-10-16(20)17(24-19)12-3-2-4-13(9-12)18(26)27/h2-4,9-10,14-15H,5-8H2,1H3,(H,22,25)(H,26,27)(H,21,23,24). The molecule has 0 saturated heterocycles. The van der Waals surface area contributed by atoms with Gasteiger partial charge in [-0.15, -0.1) is 0 Å². The fraction of sp³-hybridized carbons (Fsp3) is 0.368. The second-order valence-corrected chi connectivity index (χ2v) is 6.67. The van der Waals surface area contributed by atoms with E-state index in [0.717, 1.165) is 31.9 Å². The summed E-state index contributed by atoms with van der Waals surface area (Å²) in [6.45, 7) is 1.51. The van der Waals surface area contributed by atoms with Crippen LogP contribution in [-0.2, 0) is 4.79 Å². The molecule has 0 radical (unpaired) electrons. The van der Waals surface area contributed by atoms with Crippen molar-refractivity contribution in [3.8, 4) is 11.3 Å². The predicted octanol–water partition coefficient (Wildman–Crippen LogP) is 2.84. The van der Waals surface area contributed by atoms with Crippen LogP contribution >= 0.6 is 0 Å². The van der Waals surface area contributed by atoms with Crippen LogP contribution in [0.3, 0.4) is 0 Å². The number of amides is 1. The minimum absolute atomic E-state index is 0.0264. The van der Waals surface area contributed by atoms with Crippen LogP contribution in [0.5, 0.6) is 0 Å². The van der Waals surface area contributed by atoms with E-state index in [-0.39, 0.29) is 29.2 Å². The highest BCUT2D eigenvalue weighted by atomic mass is 19.1. The molecule has 3 N–H and O–H groups in total. The Bertz CT molecular complexity index is 851. The van der Waals surface area contributed by atoms with Crippen LogP contribution in [0.4, 0.5) is 10.3 Å². The number of anilines is 1. The molecule has 7 nitrogen and oxygen atoms in total. The van der Waals surface area contributed by atoms with Crippen molar-refractivity contribution in [3.63, 3.8) is 0 Å². The number of hydrogen-bond donors (Lipinski definition) is 3. The van der Waals surface area contributed by atoms with Crippen LogP contribution in [0.15, 0.2) is 30.5 Å². The molecule has 142 valence electrons. The van der Waals surface area contributed by atoms with Gasteiger partial charge in [-0.05, 0) is 37.8 Å². The fourth-order valence-electron chi connectivity index (χ4n) is 3.29. The van der Waals surface area contributed by atoms with Crippen LogP contribution in [-0.4, -0.2) is 39.0 Å². The van der Waals surface area contributed by atoms with Crippen molar-refractivity contribution in [2.75, 3.05) is 5.32 Å². The van der Waals surface area contributed by atoms with Crippen LogP contribution < -0.4 is 10.6 Å². The van der Waals surface area contributed by atoms with Gasteiger partial charge in [-0.2, -0.15) is 0 Å². The number of carboxylic acid groups (broad SMARTS) is 1. The summed E-state index contributed by atoms with van der Waals surface area (Å²) in [5.41, 5.74) is 0.506. The maximum absolute atomic E-state index is 14.2. The van der Waals surface area contributed by atoms with E-state index in [0.29, 0.717) is 11.5 Å². The fourth-order valence-corrected chi connectivity index (χ4v) is 3.29. The Hall–Kier alpha value is -3.03. The molecule has 1 saturated carbocycles. The molecule has 1 aromatic carbocycles. The quantitative estimate of drug-likeness (QED) is 0.746. The number of nitrogens with zero attached hydrogens (tertiary/aromatic N) is 2. The lowest BCUT2D eigenvalue weighted by Crippen LogP contribution is -2.39. The lowest BCUT2D eigenvalue weighted by molar-refractivity contribution is -0.119. The van der Waals surface area contributed by atoms with Gasteiger partial charge in [0.1, 0.15) is 5.69 Å². The lowest BCUT2D eigenvalue weighted by Gasteiger charge is -2.29. The van der Waals surface area contributed by atoms with Crippen molar-refractivity contribution in [2.45, 2.75) is 44.7 Å². The third-order valence-electron chi connectivity index (χ3n) is 4.59. The zero-order chi connectivity index (χ0) is 19.4. The van der Waals surface area contributed by atoms with Gasteiger partial charge in [0, 0.05) is 24.6 Å². The van der Waals surface area contributed by atoms with Gasteiger partial charge in [-0.3, -0.25) is 4.79 Å². The number of benzene rings is 1. The molecule has 1 fully saturated rings. The van der Waals surface area contributed by atoms with Gasteiger partial charge in [-0.1, -0.05) is 12.1 Å². The smallest absolute Gasteiger partial charge is 0.335 e. The monoisotopic (exact) mass is 372 g/mol. The zero-order valence-corrected chi connectivity index (χ0v) is 14.9. The Morgan fingerprint density at radius 3 is 2.56 bits per heavy atom. The van der Waals surface area contributed by atoms with E-state index in [2.05, 4.69) is 20.6 Å². The number of rotatable bonds is 5. The SMILES string of the molecule is CC(=O)NC1CCC(Nc2ncc(F)c(-c3cccc(C(=O)O)c3)n2)CC1. The topological polar surface area (TPSA) is 104 Å². The summed E-state index contributed by atoms with van der Waals surface area (Å²) >= 11 is 0. The molecule has 0 bridgehead atoms. The number of carboxylic acids is 1. The summed E-state index contributed by atoms with van der Waals surface area (Å²) < 4.78 is 14.2. The van der Waals surface area contributed by atoms with E-state index in [1.807, 2.05) is 0 Å². The summed E-state index contributed by atoms with van der Waals surface area (Å²) in [5.74, 6) is -1.42. The maximum Gasteiger partial charge on any atom is 0.335 e. The number of hydrogen-bond acceptors (Lipinski definition) is 5. The first kappa shape index (κ1) is 18.8. The summed E-state index contributed by atoms with van der Waals surface area (Å²) in [6.07, 6.45) is 4.48. The number of halogens is 1.